The molecule has 124 valence electrons. The number of nitrogens with zero attached hydrogens (tertiary/aromatic N) is 1. The number of carbonyl (C=O) groups excluding carboxylic acids is 2. The Kier molecular flexibility index (Phi) is 4.33. The molecule has 7 heteroatoms. The number of aromatic nitrogens is 1. The van der Waals surface area contributed by atoms with Gasteiger partial charge in [0.15, 0.2) is 6.61 Å². The topological polar surface area (TPSA) is 94.6 Å². The third kappa shape index (κ3) is 3.45. The lowest BCUT2D eigenvalue weighted by Crippen LogP contribution is -2.30. The van der Waals surface area contributed by atoms with Gasteiger partial charge in [0.2, 0.25) is 5.76 Å². The summed E-state index contributed by atoms with van der Waals surface area (Å²) in [4.78, 5) is 23.6. The van der Waals surface area contributed by atoms with Crippen molar-refractivity contribution in [1.82, 2.24) is 10.5 Å². The van der Waals surface area contributed by atoms with Crippen LogP contribution in [0.4, 0.5) is 0 Å². The molecule has 0 aliphatic carbocycles. The molecule has 3 aromatic rings. The summed E-state index contributed by atoms with van der Waals surface area (Å²) in [6.45, 7) is 3.06. The average Bonchev–Trinajstić information content (AvgIpc) is 3.18. The average molecular weight is 328 g/mol. The van der Waals surface area contributed by atoms with Gasteiger partial charge in [0.25, 0.3) is 5.91 Å². The highest BCUT2D eigenvalue weighted by Gasteiger charge is 2.18. The van der Waals surface area contributed by atoms with E-state index < -0.39 is 18.5 Å². The van der Waals surface area contributed by atoms with Crippen LogP contribution in [0.1, 0.15) is 35.0 Å². The second kappa shape index (κ2) is 6.57. The van der Waals surface area contributed by atoms with Gasteiger partial charge in [-0.05, 0) is 26.0 Å². The van der Waals surface area contributed by atoms with E-state index in [0.29, 0.717) is 11.5 Å². The fourth-order valence-electron chi connectivity index (χ4n) is 2.23. The summed E-state index contributed by atoms with van der Waals surface area (Å²) in [6, 6.07) is 10.5. The molecule has 1 aromatic carbocycles. The monoisotopic (exact) mass is 328 g/mol. The molecule has 3 rings (SSSR count). The van der Waals surface area contributed by atoms with Gasteiger partial charge < -0.3 is 19.0 Å². The highest BCUT2D eigenvalue weighted by molar-refractivity contribution is 5.88. The van der Waals surface area contributed by atoms with E-state index in [-0.39, 0.29) is 11.8 Å². The minimum atomic E-state index is -0.734. The molecular weight excluding hydrogens is 312 g/mol. The lowest BCUT2D eigenvalue weighted by atomic mass is 10.2. The van der Waals surface area contributed by atoms with Gasteiger partial charge in [0.1, 0.15) is 11.3 Å². The van der Waals surface area contributed by atoms with Gasteiger partial charge in [-0.2, -0.15) is 0 Å². The number of hydrogen-bond donors (Lipinski definition) is 1. The SMILES string of the molecule is Cc1cc(C(=O)OCC(=O)N[C@@H](C)c2cc3ccccc3o2)on1. The predicted octanol–water partition coefficient (Wildman–Crippen LogP) is 2.76. The molecule has 0 aliphatic heterocycles. The van der Waals surface area contributed by atoms with Crippen molar-refractivity contribution < 1.29 is 23.3 Å². The molecule has 0 radical (unpaired) electrons. The van der Waals surface area contributed by atoms with Gasteiger partial charge in [0, 0.05) is 11.5 Å². The maximum atomic E-state index is 11.9. The minimum absolute atomic E-state index is 0.0365. The maximum Gasteiger partial charge on any atom is 0.377 e. The van der Waals surface area contributed by atoms with Crippen molar-refractivity contribution >= 4 is 22.8 Å². The number of carbonyl (C=O) groups is 2. The number of para-hydroxylation sites is 1. The number of fused-ring (bicyclic) bond motifs is 1. The van der Waals surface area contributed by atoms with Crippen LogP contribution in [0, 0.1) is 6.92 Å². The second-order valence-electron chi connectivity index (χ2n) is 5.38. The number of hydrogen-bond acceptors (Lipinski definition) is 6. The summed E-state index contributed by atoms with van der Waals surface area (Å²) in [5.41, 5.74) is 1.31. The molecule has 1 amide bonds. The Bertz CT molecular complexity index is 847. The molecule has 0 fully saturated rings. The van der Waals surface area contributed by atoms with Crippen LogP contribution >= 0.6 is 0 Å². The zero-order chi connectivity index (χ0) is 17.1. The molecule has 1 atom stereocenters. The largest absolute Gasteiger partial charge is 0.459 e. The summed E-state index contributed by atoms with van der Waals surface area (Å²) in [6.07, 6.45) is 0. The van der Waals surface area contributed by atoms with Gasteiger partial charge in [-0.25, -0.2) is 4.79 Å². The first-order valence-electron chi connectivity index (χ1n) is 7.41. The van der Waals surface area contributed by atoms with Gasteiger partial charge in [-0.15, -0.1) is 0 Å². The first-order valence-corrected chi connectivity index (χ1v) is 7.41. The fourth-order valence-corrected chi connectivity index (χ4v) is 2.23. The number of amides is 1. The zero-order valence-corrected chi connectivity index (χ0v) is 13.2. The lowest BCUT2D eigenvalue weighted by molar-refractivity contribution is -0.125. The first kappa shape index (κ1) is 15.8. The smallest absolute Gasteiger partial charge is 0.377 e. The van der Waals surface area contributed by atoms with Crippen LogP contribution in [-0.2, 0) is 9.53 Å². The summed E-state index contributed by atoms with van der Waals surface area (Å²) < 4.78 is 15.3. The van der Waals surface area contributed by atoms with Crippen molar-refractivity contribution in [2.24, 2.45) is 0 Å². The molecule has 0 spiro atoms. The number of aryl methyl sites for hydroxylation is 1. The van der Waals surface area contributed by atoms with Crippen molar-refractivity contribution in [3.8, 4) is 0 Å². The van der Waals surface area contributed by atoms with E-state index in [9.17, 15) is 9.59 Å². The number of rotatable bonds is 5. The standard InChI is InChI=1S/C17H16N2O5/c1-10-7-15(24-19-10)17(21)22-9-16(20)18-11(2)14-8-12-5-3-4-6-13(12)23-14/h3-8,11H,9H2,1-2H3,(H,18,20)/t11-/m0/s1. The highest BCUT2D eigenvalue weighted by Crippen LogP contribution is 2.23. The molecule has 7 nitrogen and oxygen atoms in total. The van der Waals surface area contributed by atoms with Crippen LogP contribution in [0.3, 0.4) is 0 Å². The lowest BCUT2D eigenvalue weighted by Gasteiger charge is -2.11. The zero-order valence-electron chi connectivity index (χ0n) is 13.2. The van der Waals surface area contributed by atoms with E-state index >= 15 is 0 Å². The van der Waals surface area contributed by atoms with Gasteiger partial charge in [-0.1, -0.05) is 23.4 Å². The number of furan rings is 1. The Morgan fingerprint density at radius 3 is 2.79 bits per heavy atom. The van der Waals surface area contributed by atoms with Crippen molar-refractivity contribution in [2.45, 2.75) is 19.9 Å². The molecule has 0 saturated carbocycles. The third-order valence-electron chi connectivity index (χ3n) is 3.41. The normalized spacial score (nSPS) is 12.1. The molecule has 1 N–H and O–H groups in total. The Morgan fingerprint density at radius 1 is 1.29 bits per heavy atom. The quantitative estimate of drug-likeness (QED) is 0.724. The molecule has 0 aliphatic rings. The van der Waals surface area contributed by atoms with Crippen molar-refractivity contribution in [1.29, 1.82) is 0 Å². The van der Waals surface area contributed by atoms with Crippen LogP contribution in [0.2, 0.25) is 0 Å². The predicted molar refractivity (Wildman–Crippen MR) is 84.3 cm³/mol. The number of nitrogens with one attached hydrogen (secondary N) is 1. The number of ether oxygens (including phenoxy) is 1. The Morgan fingerprint density at radius 2 is 2.08 bits per heavy atom. The van der Waals surface area contributed by atoms with Crippen molar-refractivity contribution in [2.75, 3.05) is 6.61 Å². The maximum absolute atomic E-state index is 11.9. The highest BCUT2D eigenvalue weighted by atomic mass is 16.6. The van der Waals surface area contributed by atoms with E-state index in [4.69, 9.17) is 13.7 Å². The van der Waals surface area contributed by atoms with Crippen LogP contribution in [0.5, 0.6) is 0 Å². The number of benzene rings is 1. The Balaban J connectivity index is 1.55. The van der Waals surface area contributed by atoms with E-state index in [1.165, 1.54) is 6.07 Å². The van der Waals surface area contributed by atoms with Crippen molar-refractivity contribution in [3.63, 3.8) is 0 Å². The molecule has 2 heterocycles. The van der Waals surface area contributed by atoms with E-state index in [1.54, 1.807) is 13.8 Å². The van der Waals surface area contributed by atoms with Crippen LogP contribution < -0.4 is 5.32 Å². The Hall–Kier alpha value is -3.09. The van der Waals surface area contributed by atoms with Gasteiger partial charge in [-0.3, -0.25) is 4.79 Å². The third-order valence-corrected chi connectivity index (χ3v) is 3.41. The Labute approximate surface area is 137 Å². The molecule has 2 aromatic heterocycles. The van der Waals surface area contributed by atoms with Crippen molar-refractivity contribution in [3.05, 3.63) is 53.6 Å². The molecular formula is C17H16N2O5. The minimum Gasteiger partial charge on any atom is -0.459 e. The van der Waals surface area contributed by atoms with Crippen LogP contribution in [0.15, 0.2) is 45.3 Å². The van der Waals surface area contributed by atoms with Gasteiger partial charge in [0.05, 0.1) is 11.7 Å². The summed E-state index contributed by atoms with van der Waals surface area (Å²) >= 11 is 0. The molecule has 0 saturated heterocycles. The summed E-state index contributed by atoms with van der Waals surface area (Å²) in [7, 11) is 0. The molecule has 0 bridgehead atoms. The first-order chi connectivity index (χ1) is 11.5. The molecule has 0 unspecified atom stereocenters. The second-order valence-corrected chi connectivity index (χ2v) is 5.38. The molecule has 24 heavy (non-hydrogen) atoms. The number of esters is 1. The van der Waals surface area contributed by atoms with E-state index in [0.717, 1.165) is 11.0 Å². The summed E-state index contributed by atoms with van der Waals surface area (Å²) in [5.74, 6) is -0.581. The van der Waals surface area contributed by atoms with Crippen LogP contribution in [-0.4, -0.2) is 23.6 Å². The fraction of sp³-hybridized carbons (Fsp3) is 0.235. The van der Waals surface area contributed by atoms with E-state index in [1.807, 2.05) is 30.3 Å². The summed E-state index contributed by atoms with van der Waals surface area (Å²) in [5, 5.41) is 7.26. The van der Waals surface area contributed by atoms with Gasteiger partial charge >= 0.3 is 5.97 Å². The van der Waals surface area contributed by atoms with Crippen LogP contribution in [0.25, 0.3) is 11.0 Å². The van der Waals surface area contributed by atoms with E-state index in [2.05, 4.69) is 10.5 Å².